The summed E-state index contributed by atoms with van der Waals surface area (Å²) in [5.41, 5.74) is 3.51. The van der Waals surface area contributed by atoms with Crippen LogP contribution in [0.25, 0.3) is 10.9 Å². The number of rotatable bonds is 6. The molecule has 190 valence electrons. The Kier molecular flexibility index (Phi) is 7.43. The zero-order chi connectivity index (χ0) is 26.3. The lowest BCUT2D eigenvalue weighted by Gasteiger charge is -2.36. The van der Waals surface area contributed by atoms with Gasteiger partial charge in [-0.25, -0.2) is 0 Å². The molecule has 9 heteroatoms. The summed E-state index contributed by atoms with van der Waals surface area (Å²) in [6, 6.07) is 19.2. The van der Waals surface area contributed by atoms with E-state index in [-0.39, 0.29) is 0 Å². The van der Waals surface area contributed by atoms with E-state index in [0.717, 1.165) is 40.5 Å². The second kappa shape index (κ2) is 10.5. The quantitative estimate of drug-likeness (QED) is 0.129. The van der Waals surface area contributed by atoms with E-state index in [1.807, 2.05) is 66.9 Å². The number of benzene rings is 3. The van der Waals surface area contributed by atoms with Gasteiger partial charge in [0.2, 0.25) is 0 Å². The second-order valence-electron chi connectivity index (χ2n) is 9.22. The predicted octanol–water partition coefficient (Wildman–Crippen LogP) is 7.19. The molecule has 37 heavy (non-hydrogen) atoms. The molecule has 1 fully saturated rings. The van der Waals surface area contributed by atoms with Crippen molar-refractivity contribution in [2.75, 3.05) is 0 Å². The highest BCUT2D eigenvalue weighted by atomic mass is 127. The van der Waals surface area contributed by atoms with E-state index in [1.165, 1.54) is 0 Å². The first-order valence-corrected chi connectivity index (χ1v) is 14.0. The molecule has 6 nitrogen and oxygen atoms in total. The number of ether oxygens (including phenoxy) is 3. The number of halogens is 3. The lowest BCUT2D eigenvalue weighted by Crippen LogP contribution is -2.48. The standard InChI is InChI=1S/C28H22ClI2NO5/c1-28(2)36-26(33)24(27(34)37-28)23(19-13-32-22-6-4-3-5-18(19)22)16-11-20(30)25(21(31)12-16)35-14-15-7-9-17(29)10-8-15/h3-13,23-24,32H,14H2,1-2H3/t23-/m0/s1. The maximum Gasteiger partial charge on any atom is 0.324 e. The summed E-state index contributed by atoms with van der Waals surface area (Å²) in [5, 5.41) is 1.59. The van der Waals surface area contributed by atoms with Crippen molar-refractivity contribution in [1.82, 2.24) is 4.98 Å². The Morgan fingerprint density at radius 2 is 1.62 bits per heavy atom. The Labute approximate surface area is 246 Å². The topological polar surface area (TPSA) is 77.6 Å². The normalized spacial score (nSPS) is 16.4. The molecule has 0 radical (unpaired) electrons. The fraction of sp³-hybridized carbons (Fsp3) is 0.214. The molecule has 0 saturated carbocycles. The van der Waals surface area contributed by atoms with E-state index < -0.39 is 29.6 Å². The van der Waals surface area contributed by atoms with Crippen LogP contribution in [-0.4, -0.2) is 22.7 Å². The fourth-order valence-electron chi connectivity index (χ4n) is 4.54. The molecule has 4 aromatic rings. The summed E-state index contributed by atoms with van der Waals surface area (Å²) in [6.45, 7) is 3.49. The average Bonchev–Trinajstić information content (AvgIpc) is 3.25. The van der Waals surface area contributed by atoms with Gasteiger partial charge in [0.1, 0.15) is 12.4 Å². The number of hydrogen-bond donors (Lipinski definition) is 1. The number of aromatic nitrogens is 1. The number of carbonyl (C=O) groups excluding carboxylic acids is 2. The van der Waals surface area contributed by atoms with Crippen molar-refractivity contribution in [2.45, 2.75) is 32.2 Å². The molecular weight excluding hydrogens is 720 g/mol. The molecule has 1 aliphatic rings. The van der Waals surface area contributed by atoms with E-state index in [1.54, 1.807) is 13.8 Å². The van der Waals surface area contributed by atoms with Crippen LogP contribution in [0.5, 0.6) is 5.75 Å². The van der Waals surface area contributed by atoms with Gasteiger partial charge in [-0.05, 0) is 92.2 Å². The Morgan fingerprint density at radius 3 is 2.27 bits per heavy atom. The molecule has 0 aliphatic carbocycles. The van der Waals surface area contributed by atoms with Gasteiger partial charge in [0.15, 0.2) is 5.92 Å². The lowest BCUT2D eigenvalue weighted by atomic mass is 9.80. The van der Waals surface area contributed by atoms with E-state index in [0.29, 0.717) is 11.6 Å². The van der Waals surface area contributed by atoms with Gasteiger partial charge < -0.3 is 19.2 Å². The molecular formula is C28H22ClI2NO5. The van der Waals surface area contributed by atoms with E-state index in [9.17, 15) is 9.59 Å². The van der Waals surface area contributed by atoms with Crippen LogP contribution in [0.3, 0.4) is 0 Å². The van der Waals surface area contributed by atoms with Gasteiger partial charge in [0, 0.05) is 41.9 Å². The third-order valence-electron chi connectivity index (χ3n) is 6.17. The third-order valence-corrected chi connectivity index (χ3v) is 8.02. The summed E-state index contributed by atoms with van der Waals surface area (Å²) < 4.78 is 18.9. The number of carbonyl (C=O) groups is 2. The van der Waals surface area contributed by atoms with E-state index in [4.69, 9.17) is 25.8 Å². The second-order valence-corrected chi connectivity index (χ2v) is 12.0. The van der Waals surface area contributed by atoms with Gasteiger partial charge in [-0.15, -0.1) is 0 Å². The SMILES string of the molecule is CC1(C)OC(=O)C([C@@H](c2cc(I)c(OCc3ccc(Cl)cc3)c(I)c2)c2c[nH]c3ccccc23)C(=O)O1. The number of cyclic esters (lactones) is 2. The highest BCUT2D eigenvalue weighted by Crippen LogP contribution is 2.43. The molecule has 2 heterocycles. The van der Waals surface area contributed by atoms with Gasteiger partial charge in [0.25, 0.3) is 5.79 Å². The zero-order valence-electron chi connectivity index (χ0n) is 19.9. The highest BCUT2D eigenvalue weighted by molar-refractivity contribution is 14.1. The van der Waals surface area contributed by atoms with Crippen LogP contribution in [0, 0.1) is 13.1 Å². The maximum atomic E-state index is 13.2. The number of H-pyrrole nitrogens is 1. The number of para-hydroxylation sites is 1. The fourth-order valence-corrected chi connectivity index (χ4v) is 6.79. The monoisotopic (exact) mass is 741 g/mol. The summed E-state index contributed by atoms with van der Waals surface area (Å²) in [4.78, 5) is 29.7. The van der Waals surface area contributed by atoms with Crippen LogP contribution in [0.2, 0.25) is 5.02 Å². The van der Waals surface area contributed by atoms with Gasteiger partial charge in [0.05, 0.1) is 7.14 Å². The molecule has 1 aliphatic heterocycles. The summed E-state index contributed by atoms with van der Waals surface area (Å²) >= 11 is 10.4. The first-order valence-electron chi connectivity index (χ1n) is 11.5. The first-order chi connectivity index (χ1) is 17.6. The van der Waals surface area contributed by atoms with Crippen LogP contribution < -0.4 is 4.74 Å². The van der Waals surface area contributed by atoms with Crippen molar-refractivity contribution in [3.05, 3.63) is 95.7 Å². The molecule has 0 amide bonds. The molecule has 0 spiro atoms. The summed E-state index contributed by atoms with van der Waals surface area (Å²) in [5.74, 6) is -3.57. The highest BCUT2D eigenvalue weighted by Gasteiger charge is 2.48. The van der Waals surface area contributed by atoms with Crippen LogP contribution in [0.1, 0.15) is 36.5 Å². The van der Waals surface area contributed by atoms with Gasteiger partial charge in [-0.2, -0.15) is 0 Å². The number of esters is 2. The number of nitrogens with one attached hydrogen (secondary N) is 1. The molecule has 1 atom stereocenters. The lowest BCUT2D eigenvalue weighted by molar-refractivity contribution is -0.240. The predicted molar refractivity (Wildman–Crippen MR) is 158 cm³/mol. The molecule has 0 bridgehead atoms. The van der Waals surface area contributed by atoms with Crippen molar-refractivity contribution in [3.8, 4) is 5.75 Å². The van der Waals surface area contributed by atoms with Gasteiger partial charge in [-0.3, -0.25) is 9.59 Å². The largest absolute Gasteiger partial charge is 0.487 e. The molecule has 0 unspecified atom stereocenters. The number of fused-ring (bicyclic) bond motifs is 1. The molecule has 3 aromatic carbocycles. The van der Waals surface area contributed by atoms with Crippen molar-refractivity contribution in [2.24, 2.45) is 5.92 Å². The molecule has 5 rings (SSSR count). The van der Waals surface area contributed by atoms with Crippen molar-refractivity contribution in [1.29, 1.82) is 0 Å². The minimum atomic E-state index is -1.31. The molecule has 1 saturated heterocycles. The van der Waals surface area contributed by atoms with E-state index >= 15 is 0 Å². The smallest absolute Gasteiger partial charge is 0.324 e. The first kappa shape index (κ1) is 26.3. The maximum absolute atomic E-state index is 13.2. The van der Waals surface area contributed by atoms with E-state index in [2.05, 4.69) is 50.2 Å². The minimum absolute atomic E-state index is 0.380. The Morgan fingerprint density at radius 1 is 1.00 bits per heavy atom. The van der Waals surface area contributed by atoms with Crippen LogP contribution in [-0.2, 0) is 25.7 Å². The van der Waals surface area contributed by atoms with Gasteiger partial charge >= 0.3 is 11.9 Å². The van der Waals surface area contributed by atoms with Crippen molar-refractivity contribution in [3.63, 3.8) is 0 Å². The molecule has 1 aromatic heterocycles. The van der Waals surface area contributed by atoms with Crippen molar-refractivity contribution >= 4 is 79.6 Å². The molecule has 1 N–H and O–H groups in total. The average molecular weight is 742 g/mol. The Bertz CT molecular complexity index is 1460. The zero-order valence-corrected chi connectivity index (χ0v) is 25.0. The Balaban J connectivity index is 1.56. The van der Waals surface area contributed by atoms with Crippen LogP contribution >= 0.6 is 56.8 Å². The minimum Gasteiger partial charge on any atom is -0.487 e. The number of hydrogen-bond acceptors (Lipinski definition) is 5. The van der Waals surface area contributed by atoms with Crippen LogP contribution in [0.15, 0.2) is 66.9 Å². The number of aromatic amines is 1. The summed E-state index contributed by atoms with van der Waals surface area (Å²) in [7, 11) is 0. The third kappa shape index (κ3) is 5.46. The van der Waals surface area contributed by atoms with Gasteiger partial charge in [-0.1, -0.05) is 41.9 Å². The summed E-state index contributed by atoms with van der Waals surface area (Å²) in [6.07, 6.45) is 1.85. The van der Waals surface area contributed by atoms with Crippen molar-refractivity contribution < 1.29 is 23.8 Å². The Hall–Kier alpha value is -2.31. The van der Waals surface area contributed by atoms with Crippen LogP contribution in [0.4, 0.5) is 0 Å².